The minimum atomic E-state index is -0.848. The normalized spacial score (nSPS) is 10.8. The Morgan fingerprint density at radius 2 is 0.792 bits per heavy atom. The molecular weight excluding hydrogens is 969 g/mol. The summed E-state index contributed by atoms with van der Waals surface area (Å²) < 4.78 is 15.5. The van der Waals surface area contributed by atoms with Gasteiger partial charge in [-0.3, -0.25) is 0 Å². The van der Waals surface area contributed by atoms with Gasteiger partial charge in [0, 0.05) is 21.3 Å². The van der Waals surface area contributed by atoms with E-state index in [0.717, 1.165) is 98.4 Å². The lowest BCUT2D eigenvalue weighted by Gasteiger charge is -2.18. The molecule has 11 heteroatoms. The molecule has 0 bridgehead atoms. The van der Waals surface area contributed by atoms with Crippen LogP contribution in [0, 0.1) is 18.8 Å². The summed E-state index contributed by atoms with van der Waals surface area (Å²) in [5, 5.41) is 37.0. The van der Waals surface area contributed by atoms with Crippen LogP contribution in [0.15, 0.2) is 60.7 Å². The lowest BCUT2D eigenvalue weighted by Crippen LogP contribution is -2.11. The zero-order valence-corrected chi connectivity index (χ0v) is 49.5. The van der Waals surface area contributed by atoms with Crippen LogP contribution in [0.2, 0.25) is 0 Å². The SMILES string of the molecule is CCCCCCCc1ccc(C(=O)O)c(CCOC)c1C.CCCCc1c(CCCC(C)C)ccc(C(=O)O)c1CCOC.CCCc1c(CCCC(C)C)ccc(C(=O)O)c1CCOC.CCc1ccccc1C(=O)O. The van der Waals surface area contributed by atoms with Gasteiger partial charge < -0.3 is 34.6 Å². The number of benzene rings is 4. The Bertz CT molecular complexity index is 2330. The van der Waals surface area contributed by atoms with Crippen molar-refractivity contribution in [3.8, 4) is 0 Å². The number of methoxy groups -OCH3 is 3. The molecule has 0 spiro atoms. The lowest BCUT2D eigenvalue weighted by atomic mass is 9.88. The maximum absolute atomic E-state index is 11.6. The maximum atomic E-state index is 11.6. The van der Waals surface area contributed by atoms with Gasteiger partial charge in [-0.25, -0.2) is 19.2 Å². The number of carboxylic acid groups (broad SMARTS) is 4. The number of hydrogen-bond donors (Lipinski definition) is 4. The average Bonchev–Trinajstić information content (AvgIpc) is 3.39. The Morgan fingerprint density at radius 1 is 0.390 bits per heavy atom. The second-order valence-electron chi connectivity index (χ2n) is 20.9. The van der Waals surface area contributed by atoms with Crippen molar-refractivity contribution >= 4 is 23.9 Å². The van der Waals surface area contributed by atoms with E-state index >= 15 is 0 Å². The fourth-order valence-electron chi connectivity index (χ4n) is 9.72. The largest absolute Gasteiger partial charge is 0.478 e. The molecule has 4 N–H and O–H groups in total. The molecule has 0 atom stereocenters. The molecule has 0 radical (unpaired) electrons. The molecular formula is C66H100O11. The zero-order valence-electron chi connectivity index (χ0n) is 49.5. The third-order valence-corrected chi connectivity index (χ3v) is 14.0. The molecule has 77 heavy (non-hydrogen) atoms. The van der Waals surface area contributed by atoms with Crippen LogP contribution in [-0.4, -0.2) is 85.5 Å². The summed E-state index contributed by atoms with van der Waals surface area (Å²) in [6.45, 7) is 21.2. The smallest absolute Gasteiger partial charge is 0.335 e. The zero-order chi connectivity index (χ0) is 57.7. The van der Waals surface area contributed by atoms with Crippen LogP contribution in [0.5, 0.6) is 0 Å². The van der Waals surface area contributed by atoms with E-state index in [1.807, 2.05) is 44.2 Å². The van der Waals surface area contributed by atoms with E-state index in [1.165, 1.54) is 72.8 Å². The molecule has 0 unspecified atom stereocenters. The molecule has 0 saturated heterocycles. The topological polar surface area (TPSA) is 177 Å². The van der Waals surface area contributed by atoms with Crippen LogP contribution in [-0.2, 0) is 72.0 Å². The lowest BCUT2D eigenvalue weighted by molar-refractivity contribution is 0.0684. The molecule has 4 aromatic rings. The molecule has 4 aromatic carbocycles. The maximum Gasteiger partial charge on any atom is 0.335 e. The van der Waals surface area contributed by atoms with Crippen LogP contribution in [0.3, 0.4) is 0 Å². The van der Waals surface area contributed by atoms with Crippen molar-refractivity contribution < 1.29 is 53.8 Å². The second kappa shape index (κ2) is 40.8. The molecule has 0 aliphatic heterocycles. The van der Waals surface area contributed by atoms with E-state index in [9.17, 15) is 34.5 Å². The fraction of sp³-hybridized carbons (Fsp3) is 0.576. The molecule has 430 valence electrons. The first-order valence-electron chi connectivity index (χ1n) is 28.7. The van der Waals surface area contributed by atoms with Crippen molar-refractivity contribution in [2.24, 2.45) is 11.8 Å². The molecule has 0 fully saturated rings. The molecule has 0 heterocycles. The minimum absolute atomic E-state index is 0.412. The van der Waals surface area contributed by atoms with Crippen molar-refractivity contribution in [1.82, 2.24) is 0 Å². The van der Waals surface area contributed by atoms with E-state index in [-0.39, 0.29) is 0 Å². The van der Waals surface area contributed by atoms with E-state index < -0.39 is 23.9 Å². The molecule has 0 saturated carbocycles. The summed E-state index contributed by atoms with van der Waals surface area (Å²) in [6, 6.07) is 18.4. The predicted molar refractivity (Wildman–Crippen MR) is 315 cm³/mol. The Kier molecular flexibility index (Phi) is 36.9. The Labute approximate surface area is 464 Å². The Balaban J connectivity index is 0.000000527. The van der Waals surface area contributed by atoms with Crippen LogP contribution in [0.25, 0.3) is 0 Å². The standard InChI is InChI=1S/C20H32O3.C19H30O3.C18H28O3.C9H10O2/c1-5-6-10-17-16(9-7-8-15(2)3)11-12-19(20(21)22)18(17)13-14-23-4;1-5-7-16-15(9-6-8-14(2)3)10-11-18(19(20)21)17(16)12-13-22-4;1-4-5-6-7-8-9-15-10-11-17(18(19)20)16(14(15)2)12-13-21-3;1-2-7-5-3-4-6-8(7)9(10)11/h11-12,15H,5-10,13-14H2,1-4H3,(H,21,22);10-11,14H,5-9,12-13H2,1-4H3,(H,20,21);10-11H,4-9,12-13H2,1-3H3,(H,19,20);3-6H,2H2,1H3,(H,10,11). The third-order valence-electron chi connectivity index (χ3n) is 14.0. The van der Waals surface area contributed by atoms with Gasteiger partial charge in [0.05, 0.1) is 42.1 Å². The average molecular weight is 1070 g/mol. The van der Waals surface area contributed by atoms with Crippen LogP contribution >= 0.6 is 0 Å². The summed E-state index contributed by atoms with van der Waals surface area (Å²) >= 11 is 0. The first-order chi connectivity index (χ1) is 36.9. The van der Waals surface area contributed by atoms with Gasteiger partial charge in [-0.2, -0.15) is 0 Å². The number of aryl methyl sites for hydroxylation is 4. The quantitative estimate of drug-likeness (QED) is 0.0334. The van der Waals surface area contributed by atoms with E-state index in [4.69, 9.17) is 19.3 Å². The Hall–Kier alpha value is -5.36. The second-order valence-corrected chi connectivity index (χ2v) is 20.9. The van der Waals surface area contributed by atoms with Crippen LogP contribution in [0.1, 0.15) is 230 Å². The molecule has 0 aliphatic carbocycles. The first-order valence-corrected chi connectivity index (χ1v) is 28.7. The number of ether oxygens (including phenoxy) is 3. The summed E-state index contributed by atoms with van der Waals surface area (Å²) in [5.41, 5.74) is 13.0. The molecule has 0 aliphatic rings. The predicted octanol–water partition coefficient (Wildman–Crippen LogP) is 15.7. The highest BCUT2D eigenvalue weighted by Gasteiger charge is 2.20. The number of hydrogen-bond acceptors (Lipinski definition) is 7. The number of carboxylic acids is 4. The van der Waals surface area contributed by atoms with Gasteiger partial charge in [-0.15, -0.1) is 0 Å². The number of aromatic carboxylic acids is 4. The highest BCUT2D eigenvalue weighted by Crippen LogP contribution is 2.27. The van der Waals surface area contributed by atoms with Crippen LogP contribution in [0.4, 0.5) is 0 Å². The number of carbonyl (C=O) groups is 4. The van der Waals surface area contributed by atoms with Gasteiger partial charge >= 0.3 is 23.9 Å². The molecule has 0 amide bonds. The summed E-state index contributed by atoms with van der Waals surface area (Å²) in [6.07, 6.45) is 22.0. The van der Waals surface area contributed by atoms with E-state index in [1.54, 1.807) is 51.7 Å². The summed E-state index contributed by atoms with van der Waals surface area (Å²) in [4.78, 5) is 45.0. The van der Waals surface area contributed by atoms with Crippen molar-refractivity contribution in [2.45, 2.75) is 197 Å². The van der Waals surface area contributed by atoms with Gasteiger partial charge in [0.2, 0.25) is 0 Å². The fourth-order valence-corrected chi connectivity index (χ4v) is 9.72. The van der Waals surface area contributed by atoms with Crippen molar-refractivity contribution in [3.63, 3.8) is 0 Å². The Morgan fingerprint density at radius 3 is 1.19 bits per heavy atom. The summed E-state index contributed by atoms with van der Waals surface area (Å²) in [7, 11) is 4.97. The monoisotopic (exact) mass is 1070 g/mol. The van der Waals surface area contributed by atoms with Gasteiger partial charge in [0.15, 0.2) is 0 Å². The van der Waals surface area contributed by atoms with Crippen molar-refractivity contribution in [1.29, 1.82) is 0 Å². The first kappa shape index (κ1) is 69.7. The molecule has 0 aromatic heterocycles. The molecule has 11 nitrogen and oxygen atoms in total. The molecule has 4 rings (SSSR count). The van der Waals surface area contributed by atoms with Crippen LogP contribution < -0.4 is 0 Å². The highest BCUT2D eigenvalue weighted by atomic mass is 16.5. The minimum Gasteiger partial charge on any atom is -0.478 e. The van der Waals surface area contributed by atoms with Gasteiger partial charge in [0.1, 0.15) is 0 Å². The van der Waals surface area contributed by atoms with Crippen molar-refractivity contribution in [2.75, 3.05) is 41.2 Å². The van der Waals surface area contributed by atoms with Gasteiger partial charge in [-0.1, -0.05) is 143 Å². The highest BCUT2D eigenvalue weighted by molar-refractivity contribution is 5.91. The van der Waals surface area contributed by atoms with Gasteiger partial charge in [-0.05, 0) is 182 Å². The number of unbranched alkanes of at least 4 members (excludes halogenated alkanes) is 5. The van der Waals surface area contributed by atoms with Gasteiger partial charge in [0.25, 0.3) is 0 Å². The van der Waals surface area contributed by atoms with E-state index in [2.05, 4.69) is 48.5 Å². The van der Waals surface area contributed by atoms with E-state index in [0.29, 0.717) is 73.2 Å². The number of rotatable bonds is 33. The third kappa shape index (κ3) is 26.2. The van der Waals surface area contributed by atoms with Crippen molar-refractivity contribution in [3.05, 3.63) is 139 Å². The summed E-state index contributed by atoms with van der Waals surface area (Å²) in [5.74, 6) is -1.94.